The first kappa shape index (κ1) is 11.0. The molecule has 0 fully saturated rings. The van der Waals surface area contributed by atoms with E-state index in [1.165, 1.54) is 5.56 Å². The minimum atomic E-state index is -0.918. The second-order valence-electron chi connectivity index (χ2n) is 2.88. The van der Waals surface area contributed by atoms with Crippen LogP contribution in [0.25, 0.3) is 0 Å². The summed E-state index contributed by atoms with van der Waals surface area (Å²) in [7, 11) is 0. The molecule has 0 amide bonds. The van der Waals surface area contributed by atoms with E-state index < -0.39 is 5.97 Å². The van der Waals surface area contributed by atoms with Crippen molar-refractivity contribution in [2.75, 3.05) is 0 Å². The van der Waals surface area contributed by atoms with Gasteiger partial charge in [0.05, 0.1) is 4.48 Å². The molecule has 0 aliphatic rings. The zero-order valence-electron chi connectivity index (χ0n) is 7.61. The van der Waals surface area contributed by atoms with Gasteiger partial charge in [-0.3, -0.25) is 0 Å². The molecule has 1 N–H and O–H groups in total. The quantitative estimate of drug-likeness (QED) is 0.840. The van der Waals surface area contributed by atoms with Crippen molar-refractivity contribution in [3.63, 3.8) is 0 Å². The predicted molar refractivity (Wildman–Crippen MR) is 59.4 cm³/mol. The maximum absolute atomic E-state index is 10.4. The van der Waals surface area contributed by atoms with Crippen molar-refractivity contribution in [2.45, 2.75) is 12.8 Å². The molecule has 0 aliphatic heterocycles. The lowest BCUT2D eigenvalue weighted by atomic mass is 10.1. The van der Waals surface area contributed by atoms with Crippen LogP contribution in [0.1, 0.15) is 12.0 Å². The van der Waals surface area contributed by atoms with Crippen LogP contribution < -0.4 is 0 Å². The van der Waals surface area contributed by atoms with Crippen LogP contribution >= 0.6 is 15.9 Å². The van der Waals surface area contributed by atoms with Gasteiger partial charge in [0, 0.05) is 0 Å². The third-order valence-electron chi connectivity index (χ3n) is 1.80. The maximum atomic E-state index is 10.4. The number of allylic oxidation sites excluding steroid dienone is 1. The summed E-state index contributed by atoms with van der Waals surface area (Å²) in [6.07, 6.45) is 3.27. The molecule has 2 nitrogen and oxygen atoms in total. The summed E-state index contributed by atoms with van der Waals surface area (Å²) < 4.78 is 0.230. The first-order valence-electron chi connectivity index (χ1n) is 4.33. The second kappa shape index (κ2) is 5.60. The zero-order chi connectivity index (χ0) is 10.4. The van der Waals surface area contributed by atoms with Gasteiger partial charge in [-0.15, -0.1) is 0 Å². The van der Waals surface area contributed by atoms with Gasteiger partial charge in [-0.1, -0.05) is 36.4 Å². The largest absolute Gasteiger partial charge is 0.477 e. The van der Waals surface area contributed by atoms with Crippen molar-refractivity contribution in [1.82, 2.24) is 0 Å². The SMILES string of the molecule is O=C(O)C(Br)=CCCc1ccccc1. The van der Waals surface area contributed by atoms with Gasteiger partial charge in [0.2, 0.25) is 0 Å². The smallest absolute Gasteiger partial charge is 0.342 e. The highest BCUT2D eigenvalue weighted by atomic mass is 79.9. The van der Waals surface area contributed by atoms with E-state index in [-0.39, 0.29) is 4.48 Å². The van der Waals surface area contributed by atoms with Crippen molar-refractivity contribution in [1.29, 1.82) is 0 Å². The van der Waals surface area contributed by atoms with E-state index in [0.29, 0.717) is 0 Å². The Morgan fingerprint density at radius 3 is 2.57 bits per heavy atom. The minimum absolute atomic E-state index is 0.230. The fourth-order valence-electron chi connectivity index (χ4n) is 1.10. The summed E-state index contributed by atoms with van der Waals surface area (Å²) in [5, 5.41) is 8.56. The Kier molecular flexibility index (Phi) is 4.40. The number of halogens is 1. The van der Waals surface area contributed by atoms with E-state index in [1.807, 2.05) is 30.3 Å². The Hall–Kier alpha value is -1.09. The van der Waals surface area contributed by atoms with Crippen LogP contribution in [0.4, 0.5) is 0 Å². The number of hydrogen-bond donors (Lipinski definition) is 1. The summed E-state index contributed by atoms with van der Waals surface area (Å²) in [6.45, 7) is 0. The van der Waals surface area contributed by atoms with Crippen molar-refractivity contribution >= 4 is 21.9 Å². The normalized spacial score (nSPS) is 11.4. The molecule has 0 aromatic heterocycles. The van der Waals surface area contributed by atoms with Crippen LogP contribution in [0.5, 0.6) is 0 Å². The number of carboxylic acids is 1. The molecule has 1 aromatic carbocycles. The fraction of sp³-hybridized carbons (Fsp3) is 0.182. The van der Waals surface area contributed by atoms with Crippen LogP contribution in [-0.4, -0.2) is 11.1 Å². The number of rotatable bonds is 4. The van der Waals surface area contributed by atoms with Gasteiger partial charge in [0.25, 0.3) is 0 Å². The number of benzene rings is 1. The molecule has 0 bridgehead atoms. The van der Waals surface area contributed by atoms with Crippen molar-refractivity contribution < 1.29 is 9.90 Å². The number of aryl methyl sites for hydroxylation is 1. The molecule has 1 aromatic rings. The van der Waals surface area contributed by atoms with Crippen molar-refractivity contribution in [3.05, 3.63) is 46.5 Å². The van der Waals surface area contributed by atoms with E-state index >= 15 is 0 Å². The van der Waals surface area contributed by atoms with Gasteiger partial charge in [0.15, 0.2) is 0 Å². The molecule has 14 heavy (non-hydrogen) atoms. The Labute approximate surface area is 91.4 Å². The van der Waals surface area contributed by atoms with E-state index in [0.717, 1.165) is 12.8 Å². The Bertz CT molecular complexity index is 330. The van der Waals surface area contributed by atoms with Gasteiger partial charge < -0.3 is 5.11 Å². The molecular weight excluding hydrogens is 244 g/mol. The molecule has 0 heterocycles. The third-order valence-corrected chi connectivity index (χ3v) is 2.47. The highest BCUT2D eigenvalue weighted by molar-refractivity contribution is 9.12. The van der Waals surface area contributed by atoms with Crippen molar-refractivity contribution in [3.8, 4) is 0 Å². The summed E-state index contributed by atoms with van der Waals surface area (Å²) in [4.78, 5) is 10.4. The lowest BCUT2D eigenvalue weighted by molar-refractivity contribution is -0.131. The fourth-order valence-corrected chi connectivity index (χ4v) is 1.33. The minimum Gasteiger partial charge on any atom is -0.477 e. The van der Waals surface area contributed by atoms with Gasteiger partial charge in [-0.25, -0.2) is 4.79 Å². The van der Waals surface area contributed by atoms with Crippen LogP contribution in [0.15, 0.2) is 40.9 Å². The lowest BCUT2D eigenvalue weighted by Gasteiger charge is -1.96. The van der Waals surface area contributed by atoms with Crippen LogP contribution in [0.2, 0.25) is 0 Å². The highest BCUT2D eigenvalue weighted by Crippen LogP contribution is 2.09. The maximum Gasteiger partial charge on any atom is 0.342 e. The molecule has 1 rings (SSSR count). The molecule has 0 radical (unpaired) electrons. The Morgan fingerprint density at radius 1 is 1.36 bits per heavy atom. The molecule has 0 atom stereocenters. The third kappa shape index (κ3) is 3.75. The van der Waals surface area contributed by atoms with Gasteiger partial charge in [-0.05, 0) is 34.3 Å². The van der Waals surface area contributed by atoms with Crippen molar-refractivity contribution in [2.24, 2.45) is 0 Å². The first-order valence-corrected chi connectivity index (χ1v) is 5.12. The summed E-state index contributed by atoms with van der Waals surface area (Å²) >= 11 is 2.98. The molecular formula is C11H11BrO2. The van der Waals surface area contributed by atoms with Gasteiger partial charge in [0.1, 0.15) is 0 Å². The number of carboxylic acid groups (broad SMARTS) is 1. The van der Waals surface area contributed by atoms with Crippen LogP contribution in [0.3, 0.4) is 0 Å². The van der Waals surface area contributed by atoms with E-state index in [9.17, 15) is 4.79 Å². The highest BCUT2D eigenvalue weighted by Gasteiger charge is 2.00. The summed E-state index contributed by atoms with van der Waals surface area (Å²) in [5.41, 5.74) is 1.22. The number of carbonyl (C=O) groups is 1. The molecule has 74 valence electrons. The van der Waals surface area contributed by atoms with Crippen LogP contribution in [0, 0.1) is 0 Å². The molecule has 0 saturated carbocycles. The second-order valence-corrected chi connectivity index (χ2v) is 3.74. The van der Waals surface area contributed by atoms with E-state index in [1.54, 1.807) is 6.08 Å². The Balaban J connectivity index is 2.43. The average Bonchev–Trinajstić information content (AvgIpc) is 2.19. The first-order chi connectivity index (χ1) is 6.70. The zero-order valence-corrected chi connectivity index (χ0v) is 9.20. The topological polar surface area (TPSA) is 37.3 Å². The average molecular weight is 255 g/mol. The molecule has 0 unspecified atom stereocenters. The van der Waals surface area contributed by atoms with Gasteiger partial charge in [-0.2, -0.15) is 0 Å². The molecule has 3 heteroatoms. The predicted octanol–water partition coefficient (Wildman–Crippen LogP) is 2.98. The van der Waals surface area contributed by atoms with Gasteiger partial charge >= 0.3 is 5.97 Å². The molecule has 0 spiro atoms. The molecule has 0 saturated heterocycles. The number of aliphatic carboxylic acids is 1. The lowest BCUT2D eigenvalue weighted by Crippen LogP contribution is -1.93. The van der Waals surface area contributed by atoms with E-state index in [4.69, 9.17) is 5.11 Å². The van der Waals surface area contributed by atoms with Crippen LogP contribution in [-0.2, 0) is 11.2 Å². The Morgan fingerprint density at radius 2 is 2.00 bits per heavy atom. The number of hydrogen-bond acceptors (Lipinski definition) is 1. The monoisotopic (exact) mass is 254 g/mol. The standard InChI is InChI=1S/C11H11BrO2/c12-10(11(13)14)8-4-7-9-5-2-1-3-6-9/h1-3,5-6,8H,4,7H2,(H,13,14). The summed E-state index contributed by atoms with van der Waals surface area (Å²) in [5.74, 6) is -0.918. The molecule has 0 aliphatic carbocycles. The summed E-state index contributed by atoms with van der Waals surface area (Å²) in [6, 6.07) is 9.98. The van der Waals surface area contributed by atoms with E-state index in [2.05, 4.69) is 15.9 Å².